The van der Waals surface area contributed by atoms with Crippen LogP contribution in [0.3, 0.4) is 0 Å². The van der Waals surface area contributed by atoms with E-state index in [4.69, 9.17) is 0 Å². The van der Waals surface area contributed by atoms with Crippen LogP contribution in [0.2, 0.25) is 0 Å². The molecule has 24 heavy (non-hydrogen) atoms. The second-order valence-corrected chi connectivity index (χ2v) is 6.38. The Kier molecular flexibility index (Phi) is 4.06. The van der Waals surface area contributed by atoms with Gasteiger partial charge in [-0.2, -0.15) is 0 Å². The minimum atomic E-state index is -0.443. The predicted octanol–water partition coefficient (Wildman–Crippen LogP) is 1.37. The summed E-state index contributed by atoms with van der Waals surface area (Å²) >= 11 is 1.07. The summed E-state index contributed by atoms with van der Waals surface area (Å²) < 4.78 is 15.5. The highest BCUT2D eigenvalue weighted by Gasteiger charge is 2.16. The Labute approximate surface area is 139 Å². The molecule has 0 unspecified atom stereocenters. The number of benzene rings is 1. The van der Waals surface area contributed by atoms with E-state index in [1.54, 1.807) is 19.2 Å². The zero-order chi connectivity index (χ0) is 17.4. The number of hydrogen-bond donors (Lipinski definition) is 1. The van der Waals surface area contributed by atoms with Gasteiger partial charge in [-0.15, -0.1) is 11.3 Å². The van der Waals surface area contributed by atoms with Crippen LogP contribution in [-0.2, 0) is 20.6 Å². The lowest BCUT2D eigenvalue weighted by Crippen LogP contribution is -2.36. The summed E-state index contributed by atoms with van der Waals surface area (Å²) in [5, 5.41) is 3.00. The molecule has 0 bridgehead atoms. The first-order valence-corrected chi connectivity index (χ1v) is 7.92. The summed E-state index contributed by atoms with van der Waals surface area (Å²) in [5.41, 5.74) is -0.248. The number of halogens is 1. The minimum absolute atomic E-state index is 0.168. The first-order valence-electron chi connectivity index (χ1n) is 7.10. The number of aryl methyl sites for hydroxylation is 1. The largest absolute Gasteiger partial charge is 0.347 e. The van der Waals surface area contributed by atoms with Gasteiger partial charge in [-0.3, -0.25) is 18.7 Å². The van der Waals surface area contributed by atoms with Gasteiger partial charge in [0.2, 0.25) is 0 Å². The molecule has 0 fully saturated rings. The van der Waals surface area contributed by atoms with E-state index in [-0.39, 0.29) is 18.3 Å². The van der Waals surface area contributed by atoms with Gasteiger partial charge in [0.05, 0.1) is 10.3 Å². The molecule has 0 spiro atoms. The number of amides is 1. The fraction of sp³-hybridized carbons (Fsp3) is 0.188. The molecule has 0 aliphatic carbocycles. The molecule has 8 heteroatoms. The van der Waals surface area contributed by atoms with E-state index < -0.39 is 11.2 Å². The summed E-state index contributed by atoms with van der Waals surface area (Å²) in [7, 11) is 2.94. The molecule has 6 nitrogen and oxygen atoms in total. The highest BCUT2D eigenvalue weighted by Crippen LogP contribution is 2.21. The number of hydrogen-bond acceptors (Lipinski definition) is 4. The van der Waals surface area contributed by atoms with Crippen molar-refractivity contribution in [3.8, 4) is 0 Å². The molecule has 124 valence electrons. The summed E-state index contributed by atoms with van der Waals surface area (Å²) in [6, 6.07) is 7.41. The summed E-state index contributed by atoms with van der Waals surface area (Å²) in [4.78, 5) is 37.1. The number of carbonyl (C=O) groups excluding carboxylic acids is 1. The van der Waals surface area contributed by atoms with Crippen molar-refractivity contribution in [2.75, 3.05) is 0 Å². The smallest absolute Gasteiger partial charge is 0.331 e. The highest BCUT2D eigenvalue weighted by atomic mass is 32.1. The zero-order valence-corrected chi connectivity index (χ0v) is 13.8. The van der Waals surface area contributed by atoms with E-state index in [1.165, 1.54) is 29.8 Å². The lowest BCUT2D eigenvalue weighted by molar-refractivity contribution is 0.0955. The molecule has 0 aliphatic heterocycles. The predicted molar refractivity (Wildman–Crippen MR) is 89.9 cm³/mol. The molecule has 1 N–H and O–H groups in total. The summed E-state index contributed by atoms with van der Waals surface area (Å²) in [6.07, 6.45) is 0. The van der Waals surface area contributed by atoms with Crippen molar-refractivity contribution < 1.29 is 9.18 Å². The van der Waals surface area contributed by atoms with E-state index >= 15 is 0 Å². The SMILES string of the molecule is Cn1c(=O)c2cc(C(=O)NCc3cccc(F)c3)sc2n(C)c1=O. The van der Waals surface area contributed by atoms with E-state index in [9.17, 15) is 18.8 Å². The van der Waals surface area contributed by atoms with Crippen molar-refractivity contribution in [1.82, 2.24) is 14.5 Å². The first-order chi connectivity index (χ1) is 11.4. The van der Waals surface area contributed by atoms with Crippen molar-refractivity contribution in [1.29, 1.82) is 0 Å². The van der Waals surface area contributed by atoms with E-state index in [1.807, 2.05) is 0 Å². The third-order valence-corrected chi connectivity index (χ3v) is 4.90. The maximum atomic E-state index is 13.1. The Bertz CT molecular complexity index is 1060. The Morgan fingerprint density at radius 3 is 2.67 bits per heavy atom. The number of fused-ring (bicyclic) bond motifs is 1. The summed E-state index contributed by atoms with van der Waals surface area (Å²) in [5.74, 6) is -0.753. The van der Waals surface area contributed by atoms with E-state index in [2.05, 4.69) is 5.32 Å². The van der Waals surface area contributed by atoms with Crippen LogP contribution in [0.4, 0.5) is 4.39 Å². The molecule has 0 radical (unpaired) electrons. The molecule has 2 aromatic heterocycles. The molecule has 0 atom stereocenters. The fourth-order valence-corrected chi connectivity index (χ4v) is 3.41. The number of thiophene rings is 1. The maximum absolute atomic E-state index is 13.1. The van der Waals surface area contributed by atoms with Gasteiger partial charge >= 0.3 is 5.69 Å². The van der Waals surface area contributed by atoms with Gasteiger partial charge in [0.1, 0.15) is 10.6 Å². The number of rotatable bonds is 3. The van der Waals surface area contributed by atoms with Crippen LogP contribution in [0.15, 0.2) is 39.9 Å². The van der Waals surface area contributed by atoms with Crippen LogP contribution in [0.1, 0.15) is 15.2 Å². The lowest BCUT2D eigenvalue weighted by Gasteiger charge is -2.03. The fourth-order valence-electron chi connectivity index (χ4n) is 2.39. The molecule has 0 aliphatic rings. The third kappa shape index (κ3) is 2.76. The number of aromatic nitrogens is 2. The van der Waals surface area contributed by atoms with Crippen molar-refractivity contribution >= 4 is 27.5 Å². The van der Waals surface area contributed by atoms with Crippen LogP contribution < -0.4 is 16.6 Å². The van der Waals surface area contributed by atoms with Crippen molar-refractivity contribution in [3.63, 3.8) is 0 Å². The lowest BCUT2D eigenvalue weighted by atomic mass is 10.2. The Morgan fingerprint density at radius 1 is 1.21 bits per heavy atom. The minimum Gasteiger partial charge on any atom is -0.347 e. The van der Waals surface area contributed by atoms with Gasteiger partial charge in [0.15, 0.2) is 0 Å². The molecule has 3 aromatic rings. The molecule has 3 rings (SSSR count). The second kappa shape index (κ2) is 6.04. The summed E-state index contributed by atoms with van der Waals surface area (Å²) in [6.45, 7) is 0.168. The average molecular weight is 347 g/mol. The quantitative estimate of drug-likeness (QED) is 0.778. The molecule has 0 saturated carbocycles. The van der Waals surface area contributed by atoms with Crippen LogP contribution in [0.25, 0.3) is 10.2 Å². The maximum Gasteiger partial charge on any atom is 0.331 e. The molecular formula is C16H14FN3O3S. The highest BCUT2D eigenvalue weighted by molar-refractivity contribution is 7.20. The van der Waals surface area contributed by atoms with Gasteiger partial charge in [-0.25, -0.2) is 9.18 Å². The molecule has 1 aromatic carbocycles. The van der Waals surface area contributed by atoms with Gasteiger partial charge in [-0.1, -0.05) is 12.1 Å². The number of carbonyl (C=O) groups is 1. The van der Waals surface area contributed by atoms with Crippen molar-refractivity contribution in [3.05, 3.63) is 67.4 Å². The third-order valence-electron chi connectivity index (χ3n) is 3.69. The molecular weight excluding hydrogens is 333 g/mol. The molecule has 1 amide bonds. The average Bonchev–Trinajstić information content (AvgIpc) is 3.01. The zero-order valence-electron chi connectivity index (χ0n) is 13.0. The van der Waals surface area contributed by atoms with Crippen molar-refractivity contribution in [2.24, 2.45) is 14.1 Å². The standard InChI is InChI=1S/C16H14FN3O3S/c1-19-14(22)11-7-12(24-15(11)20(2)16(19)23)13(21)18-8-9-4-3-5-10(17)6-9/h3-7H,8H2,1-2H3,(H,18,21). The Hall–Kier alpha value is -2.74. The number of nitrogens with zero attached hydrogens (tertiary/aromatic N) is 2. The van der Waals surface area contributed by atoms with Crippen LogP contribution in [0.5, 0.6) is 0 Å². The van der Waals surface area contributed by atoms with Gasteiger partial charge < -0.3 is 5.32 Å². The first kappa shape index (κ1) is 16.1. The van der Waals surface area contributed by atoms with Gasteiger partial charge in [-0.05, 0) is 23.8 Å². The topological polar surface area (TPSA) is 73.1 Å². The van der Waals surface area contributed by atoms with Gasteiger partial charge in [0, 0.05) is 20.6 Å². The van der Waals surface area contributed by atoms with E-state index in [0.717, 1.165) is 15.9 Å². The normalized spacial score (nSPS) is 11.0. The monoisotopic (exact) mass is 347 g/mol. The van der Waals surface area contributed by atoms with Gasteiger partial charge in [0.25, 0.3) is 11.5 Å². The Morgan fingerprint density at radius 2 is 1.96 bits per heavy atom. The van der Waals surface area contributed by atoms with E-state index in [0.29, 0.717) is 20.7 Å². The van der Waals surface area contributed by atoms with Crippen molar-refractivity contribution in [2.45, 2.75) is 6.54 Å². The number of nitrogens with one attached hydrogen (secondary N) is 1. The van der Waals surface area contributed by atoms with Crippen LogP contribution >= 0.6 is 11.3 Å². The van der Waals surface area contributed by atoms with Crippen LogP contribution in [0, 0.1) is 5.82 Å². The second-order valence-electron chi connectivity index (χ2n) is 5.35. The molecule has 2 heterocycles. The van der Waals surface area contributed by atoms with Crippen LogP contribution in [-0.4, -0.2) is 15.0 Å². The molecule has 0 saturated heterocycles. The Balaban J connectivity index is 1.91.